The van der Waals surface area contributed by atoms with Crippen LogP contribution in [0.5, 0.6) is 0 Å². The van der Waals surface area contributed by atoms with Crippen LogP contribution in [-0.2, 0) is 4.74 Å². The lowest BCUT2D eigenvalue weighted by molar-refractivity contribution is 0.132. The largest absolute Gasteiger partial charge is 0.439 e. The fourth-order valence-electron chi connectivity index (χ4n) is 3.03. The summed E-state index contributed by atoms with van der Waals surface area (Å²) < 4.78 is 18.6. The molecule has 0 bridgehead atoms. The van der Waals surface area contributed by atoms with Gasteiger partial charge in [-0.25, -0.2) is 9.18 Å². The first kappa shape index (κ1) is 16.5. The minimum absolute atomic E-state index is 0.344. The van der Waals surface area contributed by atoms with Crippen LogP contribution in [0.3, 0.4) is 0 Å². The van der Waals surface area contributed by atoms with Gasteiger partial charge in [-0.1, -0.05) is 35.9 Å². The molecule has 4 nitrogen and oxygen atoms in total. The van der Waals surface area contributed by atoms with E-state index < -0.39 is 18.2 Å². The summed E-state index contributed by atoms with van der Waals surface area (Å²) in [4.78, 5) is 16.2. The molecule has 0 aliphatic carbocycles. The van der Waals surface area contributed by atoms with Crippen LogP contribution in [0.2, 0.25) is 5.02 Å². The van der Waals surface area contributed by atoms with Crippen LogP contribution in [-0.4, -0.2) is 11.1 Å². The molecule has 6 heteroatoms. The van der Waals surface area contributed by atoms with Crippen molar-refractivity contribution >= 4 is 17.7 Å². The van der Waals surface area contributed by atoms with Crippen molar-refractivity contribution in [3.63, 3.8) is 0 Å². The van der Waals surface area contributed by atoms with E-state index in [0.717, 1.165) is 11.1 Å². The van der Waals surface area contributed by atoms with Gasteiger partial charge in [0.15, 0.2) is 6.10 Å². The van der Waals surface area contributed by atoms with Crippen molar-refractivity contribution in [2.75, 3.05) is 0 Å². The van der Waals surface area contributed by atoms with E-state index in [1.807, 2.05) is 36.4 Å². The van der Waals surface area contributed by atoms with Crippen molar-refractivity contribution in [3.05, 3.63) is 89.0 Å². The number of ether oxygens (including phenoxy) is 1. The first-order valence-electron chi connectivity index (χ1n) is 8.05. The Balaban J connectivity index is 1.70. The molecule has 3 aromatic rings. The third-order valence-electron chi connectivity index (χ3n) is 4.27. The number of benzene rings is 2. The molecule has 2 atom stereocenters. The Hall–Kier alpha value is -2.92. The summed E-state index contributed by atoms with van der Waals surface area (Å²) >= 11 is 6.07. The third kappa shape index (κ3) is 3.26. The van der Waals surface area contributed by atoms with Crippen molar-refractivity contribution in [2.24, 2.45) is 0 Å². The second-order valence-corrected chi connectivity index (χ2v) is 6.42. The van der Waals surface area contributed by atoms with Gasteiger partial charge in [0.2, 0.25) is 0 Å². The summed E-state index contributed by atoms with van der Waals surface area (Å²) in [6, 6.07) is 16.7. The second kappa shape index (κ2) is 6.77. The molecule has 2 aromatic carbocycles. The van der Waals surface area contributed by atoms with Gasteiger partial charge in [-0.2, -0.15) is 0 Å². The number of alkyl carbamates (subject to hydrolysis) is 1. The molecular weight excluding hydrogens is 355 g/mol. The van der Waals surface area contributed by atoms with E-state index in [-0.39, 0.29) is 5.82 Å². The van der Waals surface area contributed by atoms with Gasteiger partial charge >= 0.3 is 6.09 Å². The van der Waals surface area contributed by atoms with Crippen LogP contribution in [0, 0.1) is 5.82 Å². The number of rotatable bonds is 3. The number of carbonyl (C=O) groups excluding carboxylic acids is 1. The van der Waals surface area contributed by atoms with Crippen molar-refractivity contribution in [1.29, 1.82) is 0 Å². The Kier molecular flexibility index (Phi) is 4.31. The van der Waals surface area contributed by atoms with Crippen molar-refractivity contribution < 1.29 is 13.9 Å². The van der Waals surface area contributed by atoms with Crippen LogP contribution >= 0.6 is 11.6 Å². The Bertz CT molecular complexity index is 962. The number of hydrogen-bond acceptors (Lipinski definition) is 3. The van der Waals surface area contributed by atoms with Gasteiger partial charge < -0.3 is 10.1 Å². The smallest absolute Gasteiger partial charge is 0.408 e. The lowest BCUT2D eigenvalue weighted by Crippen LogP contribution is -2.20. The molecule has 1 aliphatic rings. The Morgan fingerprint density at radius 1 is 1.04 bits per heavy atom. The predicted molar refractivity (Wildman–Crippen MR) is 96.2 cm³/mol. The standard InChI is InChI=1S/C20H14ClFN2O2/c21-15-3-1-2-13(10-15)14-8-9-23-17(11-14)18-19(26-20(25)24-18)12-4-6-16(22)7-5-12/h1-11,18-19H,(H,24,25)/t18-,19-/m0/s1. The van der Waals surface area contributed by atoms with Gasteiger partial charge in [-0.15, -0.1) is 0 Å². The number of pyridine rings is 1. The topological polar surface area (TPSA) is 51.2 Å². The molecule has 0 spiro atoms. The number of cyclic esters (lactones) is 1. The number of nitrogens with one attached hydrogen (secondary N) is 1. The zero-order valence-electron chi connectivity index (χ0n) is 13.5. The Morgan fingerprint density at radius 2 is 1.81 bits per heavy atom. The van der Waals surface area contributed by atoms with Crippen LogP contribution in [0.4, 0.5) is 9.18 Å². The normalized spacial score (nSPS) is 19.1. The summed E-state index contributed by atoms with van der Waals surface area (Å²) in [7, 11) is 0. The maximum atomic E-state index is 13.2. The molecule has 26 heavy (non-hydrogen) atoms. The average molecular weight is 369 g/mol. The zero-order chi connectivity index (χ0) is 18.1. The van der Waals surface area contributed by atoms with E-state index in [1.54, 1.807) is 18.3 Å². The van der Waals surface area contributed by atoms with Gasteiger partial charge in [0.05, 0.1) is 5.69 Å². The number of carbonyl (C=O) groups is 1. The zero-order valence-corrected chi connectivity index (χ0v) is 14.3. The van der Waals surface area contributed by atoms with Gasteiger partial charge in [-0.3, -0.25) is 4.98 Å². The van der Waals surface area contributed by atoms with Gasteiger partial charge in [-0.05, 0) is 53.1 Å². The highest BCUT2D eigenvalue weighted by atomic mass is 35.5. The number of halogens is 2. The first-order valence-corrected chi connectivity index (χ1v) is 8.42. The number of nitrogens with zero attached hydrogens (tertiary/aromatic N) is 1. The van der Waals surface area contributed by atoms with Crippen LogP contribution in [0.25, 0.3) is 11.1 Å². The third-order valence-corrected chi connectivity index (χ3v) is 4.50. The second-order valence-electron chi connectivity index (χ2n) is 5.98. The molecule has 1 aromatic heterocycles. The lowest BCUT2D eigenvalue weighted by atomic mass is 9.97. The molecule has 0 unspecified atom stereocenters. The summed E-state index contributed by atoms with van der Waals surface area (Å²) in [5.74, 6) is -0.344. The monoisotopic (exact) mass is 368 g/mol. The molecule has 0 saturated carbocycles. The molecule has 1 amide bonds. The van der Waals surface area contributed by atoms with Gasteiger partial charge in [0.25, 0.3) is 0 Å². The Morgan fingerprint density at radius 3 is 2.58 bits per heavy atom. The minimum Gasteiger partial charge on any atom is -0.439 e. The van der Waals surface area contributed by atoms with Crippen molar-refractivity contribution in [1.82, 2.24) is 10.3 Å². The van der Waals surface area contributed by atoms with Crippen LogP contribution in [0.1, 0.15) is 23.4 Å². The van der Waals surface area contributed by atoms with E-state index in [4.69, 9.17) is 16.3 Å². The van der Waals surface area contributed by atoms with E-state index in [9.17, 15) is 9.18 Å². The van der Waals surface area contributed by atoms with E-state index in [2.05, 4.69) is 10.3 Å². The molecule has 1 fully saturated rings. The molecule has 1 aliphatic heterocycles. The molecule has 2 heterocycles. The SMILES string of the molecule is O=C1N[C@@H](c2cc(-c3cccc(Cl)c3)ccn2)[C@H](c2ccc(F)cc2)O1. The maximum Gasteiger partial charge on any atom is 0.408 e. The highest BCUT2D eigenvalue weighted by Crippen LogP contribution is 2.37. The van der Waals surface area contributed by atoms with E-state index in [0.29, 0.717) is 16.3 Å². The summed E-state index contributed by atoms with van der Waals surface area (Å²) in [5.41, 5.74) is 3.23. The molecule has 0 radical (unpaired) electrons. The van der Waals surface area contributed by atoms with Crippen molar-refractivity contribution in [2.45, 2.75) is 12.1 Å². The van der Waals surface area contributed by atoms with Crippen molar-refractivity contribution in [3.8, 4) is 11.1 Å². The van der Waals surface area contributed by atoms with Gasteiger partial charge in [0.1, 0.15) is 11.9 Å². The Labute approximate surface area is 154 Å². The fourth-order valence-corrected chi connectivity index (χ4v) is 3.22. The highest BCUT2D eigenvalue weighted by molar-refractivity contribution is 6.30. The molecule has 4 rings (SSSR count). The quantitative estimate of drug-likeness (QED) is 0.702. The predicted octanol–water partition coefficient (Wildman–Crippen LogP) is 5.06. The number of aromatic nitrogens is 1. The summed E-state index contributed by atoms with van der Waals surface area (Å²) in [5, 5.41) is 3.42. The first-order chi connectivity index (χ1) is 12.6. The lowest BCUT2D eigenvalue weighted by Gasteiger charge is -2.17. The van der Waals surface area contributed by atoms with Gasteiger partial charge in [0, 0.05) is 11.2 Å². The maximum absolute atomic E-state index is 13.2. The molecule has 130 valence electrons. The number of amides is 1. The van der Waals surface area contributed by atoms with E-state index >= 15 is 0 Å². The fraction of sp³-hybridized carbons (Fsp3) is 0.100. The van der Waals surface area contributed by atoms with E-state index in [1.165, 1.54) is 12.1 Å². The molecule has 1 saturated heterocycles. The molecular formula is C20H14ClFN2O2. The average Bonchev–Trinajstić information content (AvgIpc) is 3.04. The number of hydrogen-bond donors (Lipinski definition) is 1. The summed E-state index contributed by atoms with van der Waals surface area (Å²) in [6.45, 7) is 0. The minimum atomic E-state index is -0.579. The highest BCUT2D eigenvalue weighted by Gasteiger charge is 2.37. The van der Waals surface area contributed by atoms with Crippen LogP contribution < -0.4 is 5.32 Å². The van der Waals surface area contributed by atoms with Crippen LogP contribution in [0.15, 0.2) is 66.9 Å². The molecule has 1 N–H and O–H groups in total. The summed E-state index contributed by atoms with van der Waals surface area (Å²) in [6.07, 6.45) is 0.571.